The lowest BCUT2D eigenvalue weighted by Gasteiger charge is -2.32. The van der Waals surface area contributed by atoms with Gasteiger partial charge in [-0.3, -0.25) is 5.32 Å². The predicted octanol–water partition coefficient (Wildman–Crippen LogP) is 4.34. The number of hydrogen-bond acceptors (Lipinski definition) is 10. The van der Waals surface area contributed by atoms with Crippen LogP contribution < -0.4 is 31.9 Å². The summed E-state index contributed by atoms with van der Waals surface area (Å²) in [6.45, 7) is 2.41. The SMILES string of the molecule is O=C=NCc1ccc(NC(=O)OCCCNC(=S)NC2CCCC(NC(=S)NCCCOC(=S)Nc3ccc(CN=C=O)cc3)C2)cc1. The van der Waals surface area contributed by atoms with Crippen molar-refractivity contribution in [1.82, 2.24) is 21.3 Å². The zero-order chi connectivity index (χ0) is 34.4. The first-order chi connectivity index (χ1) is 23.3. The van der Waals surface area contributed by atoms with Gasteiger partial charge in [-0.25, -0.2) is 24.4 Å². The van der Waals surface area contributed by atoms with Gasteiger partial charge in [0.15, 0.2) is 10.2 Å². The third-order valence-electron chi connectivity index (χ3n) is 7.08. The molecular formula is C32H40N8O5S3. The third kappa shape index (κ3) is 15.9. The minimum Gasteiger partial charge on any atom is -0.471 e. The summed E-state index contributed by atoms with van der Waals surface area (Å²) >= 11 is 16.2. The molecule has 2 atom stereocenters. The lowest BCUT2D eigenvalue weighted by molar-refractivity contribution is 0.160. The van der Waals surface area contributed by atoms with Gasteiger partial charge in [0.2, 0.25) is 12.2 Å². The standard InChI is InChI=1S/C32H40N8O5S3/c41-21-33-19-23-6-10-25(11-7-23)39-31(43)44-16-2-14-35-29(46)37-27-4-1-5-28(18-27)38-30(47)36-15-3-17-45-32(48)40-26-12-8-24(9-13-26)20-34-22-42/h6-13,27-28H,1-5,14-20H2,(H,39,43)(H,40,48)(H2,35,37,46)(H2,36,38,47). The van der Waals surface area contributed by atoms with Crippen LogP contribution in [-0.4, -0.2) is 72.0 Å². The van der Waals surface area contributed by atoms with Crippen molar-refractivity contribution in [2.75, 3.05) is 36.9 Å². The van der Waals surface area contributed by atoms with Crippen molar-refractivity contribution < 1.29 is 23.9 Å². The zero-order valence-corrected chi connectivity index (χ0v) is 28.9. The minimum atomic E-state index is -0.545. The van der Waals surface area contributed by atoms with Gasteiger partial charge in [-0.2, -0.15) is 0 Å². The number of carbonyl (C=O) groups is 1. The van der Waals surface area contributed by atoms with Crippen molar-refractivity contribution >= 4 is 81.7 Å². The average molecular weight is 713 g/mol. The molecule has 1 saturated carbocycles. The molecule has 13 nitrogen and oxygen atoms in total. The molecule has 0 radical (unpaired) electrons. The number of nitrogens with zero attached hydrogens (tertiary/aromatic N) is 2. The fraction of sp³-hybridized carbons (Fsp3) is 0.438. The Balaban J connectivity index is 1.20. The van der Waals surface area contributed by atoms with Crippen LogP contribution in [0.5, 0.6) is 0 Å². The Hall–Kier alpha value is -4.46. The van der Waals surface area contributed by atoms with Crippen LogP contribution in [0.25, 0.3) is 0 Å². The molecule has 0 aliphatic heterocycles. The number of thiocarbonyl (C=S) groups is 3. The van der Waals surface area contributed by atoms with E-state index in [-0.39, 0.29) is 30.4 Å². The highest BCUT2D eigenvalue weighted by molar-refractivity contribution is 7.80. The lowest BCUT2D eigenvalue weighted by atomic mass is 9.91. The summed E-state index contributed by atoms with van der Waals surface area (Å²) in [5, 5.41) is 20.3. The van der Waals surface area contributed by atoms with Gasteiger partial charge in [-0.15, -0.1) is 0 Å². The first-order valence-electron chi connectivity index (χ1n) is 15.6. The molecular weight excluding hydrogens is 673 g/mol. The van der Waals surface area contributed by atoms with Crippen molar-refractivity contribution in [1.29, 1.82) is 0 Å². The number of anilines is 2. The molecule has 1 amide bonds. The topological polar surface area (TPSA) is 167 Å². The molecule has 1 aliphatic rings. The van der Waals surface area contributed by atoms with Crippen molar-refractivity contribution in [2.24, 2.45) is 9.98 Å². The summed E-state index contributed by atoms with van der Waals surface area (Å²) in [5.74, 6) is 0. The molecule has 0 spiro atoms. The smallest absolute Gasteiger partial charge is 0.411 e. The summed E-state index contributed by atoms with van der Waals surface area (Å²) < 4.78 is 10.8. The van der Waals surface area contributed by atoms with Crippen molar-refractivity contribution in [3.05, 3.63) is 59.7 Å². The highest BCUT2D eigenvalue weighted by Gasteiger charge is 2.23. The van der Waals surface area contributed by atoms with Crippen LogP contribution in [-0.2, 0) is 32.2 Å². The quantitative estimate of drug-likeness (QED) is 0.0631. The van der Waals surface area contributed by atoms with E-state index >= 15 is 0 Å². The van der Waals surface area contributed by atoms with Crippen molar-refractivity contribution in [3.63, 3.8) is 0 Å². The summed E-state index contributed by atoms with van der Waals surface area (Å²) in [7, 11) is 0. The van der Waals surface area contributed by atoms with Gasteiger partial charge in [0.1, 0.15) is 0 Å². The number of carbonyl (C=O) groups excluding carboxylic acids is 3. The number of benzene rings is 2. The molecule has 2 aromatic carbocycles. The Morgan fingerprint density at radius 2 is 1.21 bits per heavy atom. The van der Waals surface area contributed by atoms with Crippen molar-refractivity contribution in [3.8, 4) is 0 Å². The molecule has 0 heterocycles. The van der Waals surface area contributed by atoms with Crippen LogP contribution in [0.15, 0.2) is 58.5 Å². The molecule has 16 heteroatoms. The molecule has 2 unspecified atom stereocenters. The Morgan fingerprint density at radius 3 is 1.71 bits per heavy atom. The summed E-state index contributed by atoms with van der Waals surface area (Å²) in [5.41, 5.74) is 3.11. The monoisotopic (exact) mass is 712 g/mol. The molecule has 0 bridgehead atoms. The second-order valence-corrected chi connectivity index (χ2v) is 12.0. The van der Waals surface area contributed by atoms with Gasteiger partial charge in [0, 0.05) is 36.5 Å². The molecule has 0 saturated heterocycles. The number of ether oxygens (including phenoxy) is 2. The Labute approximate surface area is 296 Å². The molecule has 1 aliphatic carbocycles. The fourth-order valence-electron chi connectivity index (χ4n) is 4.74. The summed E-state index contributed by atoms with van der Waals surface area (Å²) in [6.07, 6.45) is 7.74. The molecule has 0 aromatic heterocycles. The number of amides is 1. The van der Waals surface area contributed by atoms with E-state index in [1.54, 1.807) is 24.3 Å². The molecule has 6 N–H and O–H groups in total. The Kier molecular flexibility index (Phi) is 17.5. The van der Waals surface area contributed by atoms with Crippen LogP contribution >= 0.6 is 36.7 Å². The largest absolute Gasteiger partial charge is 0.471 e. The van der Waals surface area contributed by atoms with E-state index in [9.17, 15) is 14.4 Å². The van der Waals surface area contributed by atoms with Crippen LogP contribution in [0.4, 0.5) is 16.2 Å². The number of hydrogen-bond donors (Lipinski definition) is 6. The Morgan fingerprint density at radius 1 is 0.729 bits per heavy atom. The van der Waals surface area contributed by atoms with Crippen LogP contribution in [0, 0.1) is 0 Å². The maximum absolute atomic E-state index is 12.0. The highest BCUT2D eigenvalue weighted by atomic mass is 32.1. The number of isocyanates is 2. The van der Waals surface area contributed by atoms with E-state index in [1.807, 2.05) is 24.3 Å². The number of aliphatic imine (C=N–C) groups is 2. The number of rotatable bonds is 16. The molecule has 1 fully saturated rings. The van der Waals surface area contributed by atoms with Crippen LogP contribution in [0.1, 0.15) is 49.7 Å². The summed E-state index contributed by atoms with van der Waals surface area (Å²) in [4.78, 5) is 39.5. The van der Waals surface area contributed by atoms with Gasteiger partial charge >= 0.3 is 6.09 Å². The fourth-order valence-corrected chi connectivity index (χ4v) is 5.48. The van der Waals surface area contributed by atoms with Gasteiger partial charge in [0.25, 0.3) is 5.17 Å². The predicted molar refractivity (Wildman–Crippen MR) is 196 cm³/mol. The van der Waals surface area contributed by atoms with E-state index in [0.29, 0.717) is 55.0 Å². The molecule has 3 rings (SSSR count). The van der Waals surface area contributed by atoms with Gasteiger partial charge < -0.3 is 36.1 Å². The van der Waals surface area contributed by atoms with Crippen molar-refractivity contribution in [2.45, 2.75) is 63.7 Å². The maximum atomic E-state index is 12.0. The van der Waals surface area contributed by atoms with E-state index in [4.69, 9.17) is 46.1 Å². The Bertz CT molecular complexity index is 1340. The molecule has 2 aromatic rings. The lowest BCUT2D eigenvalue weighted by Crippen LogP contribution is -2.50. The first kappa shape index (κ1) is 38.0. The third-order valence-corrected chi connectivity index (χ3v) is 7.82. The van der Waals surface area contributed by atoms with E-state index in [1.165, 1.54) is 12.2 Å². The highest BCUT2D eigenvalue weighted by Crippen LogP contribution is 2.19. The average Bonchev–Trinajstić information content (AvgIpc) is 3.07. The van der Waals surface area contributed by atoms with E-state index < -0.39 is 6.09 Å². The normalized spacial score (nSPS) is 14.9. The first-order valence-corrected chi connectivity index (χ1v) is 16.8. The second kappa shape index (κ2) is 22.2. The van der Waals surface area contributed by atoms with Crippen LogP contribution in [0.3, 0.4) is 0 Å². The minimum absolute atomic E-state index is 0.223. The van der Waals surface area contributed by atoms with E-state index in [0.717, 1.165) is 42.5 Å². The van der Waals surface area contributed by atoms with E-state index in [2.05, 4.69) is 41.9 Å². The van der Waals surface area contributed by atoms with Gasteiger partial charge in [-0.05, 0) is 111 Å². The molecule has 48 heavy (non-hydrogen) atoms. The molecule has 256 valence electrons. The maximum Gasteiger partial charge on any atom is 0.411 e. The number of nitrogens with one attached hydrogen (secondary N) is 6. The van der Waals surface area contributed by atoms with Gasteiger partial charge in [-0.1, -0.05) is 24.3 Å². The van der Waals surface area contributed by atoms with Crippen LogP contribution in [0.2, 0.25) is 0 Å². The summed E-state index contributed by atoms with van der Waals surface area (Å²) in [6, 6.07) is 14.8. The second-order valence-electron chi connectivity index (χ2n) is 10.8. The van der Waals surface area contributed by atoms with Gasteiger partial charge in [0.05, 0.1) is 26.3 Å². The zero-order valence-electron chi connectivity index (χ0n) is 26.4.